The lowest BCUT2D eigenvalue weighted by molar-refractivity contribution is -0.115. The van der Waals surface area contributed by atoms with Gasteiger partial charge in [0.2, 0.25) is 5.91 Å². The third-order valence-electron chi connectivity index (χ3n) is 3.60. The molecule has 8 heteroatoms. The number of carbonyl (C=O) groups excluding carboxylic acids is 2. The Morgan fingerprint density at radius 2 is 2.00 bits per heavy atom. The van der Waals surface area contributed by atoms with Crippen molar-refractivity contribution in [3.8, 4) is 5.75 Å². The Morgan fingerprint density at radius 1 is 1.15 bits per heavy atom. The zero-order chi connectivity index (χ0) is 19.2. The number of hydrogen-bond acceptors (Lipinski definition) is 5. The number of urea groups is 1. The molecule has 0 bridgehead atoms. The van der Waals surface area contributed by atoms with Crippen LogP contribution in [0.2, 0.25) is 0 Å². The Kier molecular flexibility index (Phi) is 5.87. The van der Waals surface area contributed by atoms with Crippen LogP contribution in [0.25, 0.3) is 10.2 Å². The lowest BCUT2D eigenvalue weighted by Gasteiger charge is -2.07. The van der Waals surface area contributed by atoms with E-state index in [4.69, 9.17) is 4.74 Å². The summed E-state index contributed by atoms with van der Waals surface area (Å²) in [5.74, 6) is 0.416. The molecular weight excluding hydrogens is 364 g/mol. The molecule has 7 nitrogen and oxygen atoms in total. The summed E-state index contributed by atoms with van der Waals surface area (Å²) in [6.45, 7) is 4.29. The number of fused-ring (bicyclic) bond motifs is 1. The highest BCUT2D eigenvalue weighted by Crippen LogP contribution is 2.29. The van der Waals surface area contributed by atoms with E-state index in [2.05, 4.69) is 20.9 Å². The highest BCUT2D eigenvalue weighted by atomic mass is 32.1. The second kappa shape index (κ2) is 8.50. The van der Waals surface area contributed by atoms with Crippen molar-refractivity contribution in [2.75, 3.05) is 23.8 Å². The Labute approximate surface area is 160 Å². The van der Waals surface area contributed by atoms with Crippen molar-refractivity contribution >= 4 is 44.3 Å². The number of thiazole rings is 1. The standard InChI is InChI=1S/C19H20N4O3S/c1-3-26-14-7-8-15-16(10-14)27-19(22-15)23-17(24)11-20-18(25)21-13-6-4-5-12(2)9-13/h4-10H,3,11H2,1-2H3,(H2,20,21,25)(H,22,23,24). The zero-order valence-corrected chi connectivity index (χ0v) is 15.9. The summed E-state index contributed by atoms with van der Waals surface area (Å²) in [6, 6.07) is 12.5. The summed E-state index contributed by atoms with van der Waals surface area (Å²) in [6.07, 6.45) is 0. The second-order valence-corrected chi connectivity index (χ2v) is 6.84. The van der Waals surface area contributed by atoms with Crippen LogP contribution in [0, 0.1) is 6.92 Å². The lowest BCUT2D eigenvalue weighted by Crippen LogP contribution is -2.35. The summed E-state index contributed by atoms with van der Waals surface area (Å²) in [7, 11) is 0. The maximum atomic E-state index is 12.1. The fraction of sp³-hybridized carbons (Fsp3) is 0.211. The molecule has 27 heavy (non-hydrogen) atoms. The van der Waals surface area contributed by atoms with Gasteiger partial charge in [0.15, 0.2) is 5.13 Å². The van der Waals surface area contributed by atoms with Gasteiger partial charge in [-0.3, -0.25) is 4.79 Å². The van der Waals surface area contributed by atoms with E-state index in [1.807, 2.05) is 50.2 Å². The van der Waals surface area contributed by atoms with Crippen LogP contribution in [0.4, 0.5) is 15.6 Å². The van der Waals surface area contributed by atoms with E-state index in [-0.39, 0.29) is 12.5 Å². The summed E-state index contributed by atoms with van der Waals surface area (Å²) >= 11 is 1.35. The van der Waals surface area contributed by atoms with Crippen molar-refractivity contribution in [1.82, 2.24) is 10.3 Å². The van der Waals surface area contributed by atoms with E-state index in [0.717, 1.165) is 21.5 Å². The molecule has 3 amide bonds. The van der Waals surface area contributed by atoms with Crippen LogP contribution in [0.1, 0.15) is 12.5 Å². The largest absolute Gasteiger partial charge is 0.494 e. The molecule has 0 saturated heterocycles. The van der Waals surface area contributed by atoms with E-state index in [0.29, 0.717) is 17.4 Å². The highest BCUT2D eigenvalue weighted by molar-refractivity contribution is 7.22. The van der Waals surface area contributed by atoms with Gasteiger partial charge in [0.25, 0.3) is 0 Å². The molecule has 0 spiro atoms. The maximum absolute atomic E-state index is 12.1. The van der Waals surface area contributed by atoms with Crippen LogP contribution >= 0.6 is 11.3 Å². The monoisotopic (exact) mass is 384 g/mol. The number of carbonyl (C=O) groups is 2. The molecule has 0 saturated carbocycles. The number of nitrogens with zero attached hydrogens (tertiary/aromatic N) is 1. The molecule has 0 aliphatic heterocycles. The first-order chi connectivity index (χ1) is 13.0. The number of hydrogen-bond donors (Lipinski definition) is 3. The van der Waals surface area contributed by atoms with E-state index in [1.165, 1.54) is 11.3 Å². The molecule has 140 valence electrons. The molecular formula is C19H20N4O3S. The minimum absolute atomic E-state index is 0.155. The van der Waals surface area contributed by atoms with Gasteiger partial charge in [0.05, 0.1) is 23.4 Å². The third-order valence-corrected chi connectivity index (χ3v) is 4.54. The number of benzene rings is 2. The minimum atomic E-state index is -0.443. The number of amides is 3. The van der Waals surface area contributed by atoms with Crippen molar-refractivity contribution in [2.24, 2.45) is 0 Å². The SMILES string of the molecule is CCOc1ccc2nc(NC(=O)CNC(=O)Nc3cccc(C)c3)sc2c1. The van der Waals surface area contributed by atoms with Crippen LogP contribution in [-0.4, -0.2) is 30.1 Å². The first-order valence-electron chi connectivity index (χ1n) is 8.48. The van der Waals surface area contributed by atoms with Gasteiger partial charge < -0.3 is 20.7 Å². The van der Waals surface area contributed by atoms with Crippen LogP contribution < -0.4 is 20.7 Å². The summed E-state index contributed by atoms with van der Waals surface area (Å²) in [4.78, 5) is 28.3. The minimum Gasteiger partial charge on any atom is -0.494 e. The van der Waals surface area contributed by atoms with E-state index in [1.54, 1.807) is 6.07 Å². The molecule has 1 aromatic heterocycles. The van der Waals surface area contributed by atoms with Crippen molar-refractivity contribution in [1.29, 1.82) is 0 Å². The van der Waals surface area contributed by atoms with Gasteiger partial charge in [-0.15, -0.1) is 0 Å². The average Bonchev–Trinajstić information content (AvgIpc) is 3.02. The third kappa shape index (κ3) is 5.18. The second-order valence-electron chi connectivity index (χ2n) is 5.81. The molecule has 0 radical (unpaired) electrons. The first-order valence-corrected chi connectivity index (χ1v) is 9.30. The fourth-order valence-corrected chi connectivity index (χ4v) is 3.35. The first kappa shape index (κ1) is 18.7. The molecule has 0 unspecified atom stereocenters. The van der Waals surface area contributed by atoms with Gasteiger partial charge in [0, 0.05) is 5.69 Å². The van der Waals surface area contributed by atoms with Gasteiger partial charge in [-0.05, 0) is 49.7 Å². The van der Waals surface area contributed by atoms with E-state index >= 15 is 0 Å². The van der Waals surface area contributed by atoms with Crippen molar-refractivity contribution < 1.29 is 14.3 Å². The molecule has 0 aliphatic rings. The fourth-order valence-electron chi connectivity index (χ4n) is 2.44. The molecule has 3 N–H and O–H groups in total. The Hall–Kier alpha value is -3.13. The van der Waals surface area contributed by atoms with Crippen LogP contribution in [-0.2, 0) is 4.79 Å². The van der Waals surface area contributed by atoms with Crippen LogP contribution in [0.3, 0.4) is 0 Å². The van der Waals surface area contributed by atoms with Gasteiger partial charge in [-0.25, -0.2) is 9.78 Å². The number of ether oxygens (including phenoxy) is 1. The number of aryl methyl sites for hydroxylation is 1. The van der Waals surface area contributed by atoms with Gasteiger partial charge in [-0.2, -0.15) is 0 Å². The zero-order valence-electron chi connectivity index (χ0n) is 15.0. The van der Waals surface area contributed by atoms with Gasteiger partial charge >= 0.3 is 6.03 Å². The van der Waals surface area contributed by atoms with Crippen molar-refractivity contribution in [3.63, 3.8) is 0 Å². The predicted molar refractivity (Wildman–Crippen MR) is 108 cm³/mol. The highest BCUT2D eigenvalue weighted by Gasteiger charge is 2.10. The topological polar surface area (TPSA) is 92.3 Å². The molecule has 2 aromatic carbocycles. The number of nitrogens with one attached hydrogen (secondary N) is 3. The Morgan fingerprint density at radius 3 is 2.78 bits per heavy atom. The van der Waals surface area contributed by atoms with Gasteiger partial charge in [0.1, 0.15) is 5.75 Å². The van der Waals surface area contributed by atoms with E-state index < -0.39 is 6.03 Å². The van der Waals surface area contributed by atoms with Gasteiger partial charge in [-0.1, -0.05) is 23.5 Å². The Bertz CT molecular complexity index is 970. The molecule has 1 heterocycles. The average molecular weight is 384 g/mol. The van der Waals surface area contributed by atoms with Crippen molar-refractivity contribution in [3.05, 3.63) is 48.0 Å². The van der Waals surface area contributed by atoms with Crippen LogP contribution in [0.5, 0.6) is 5.75 Å². The maximum Gasteiger partial charge on any atom is 0.319 e. The van der Waals surface area contributed by atoms with E-state index in [9.17, 15) is 9.59 Å². The summed E-state index contributed by atoms with van der Waals surface area (Å²) < 4.78 is 6.38. The molecule has 3 aromatic rings. The quantitative estimate of drug-likeness (QED) is 0.603. The van der Waals surface area contributed by atoms with Crippen LogP contribution in [0.15, 0.2) is 42.5 Å². The number of anilines is 2. The molecule has 3 rings (SSSR count). The summed E-state index contributed by atoms with van der Waals surface area (Å²) in [5, 5.41) is 8.38. The smallest absolute Gasteiger partial charge is 0.319 e. The summed E-state index contributed by atoms with van der Waals surface area (Å²) in [5.41, 5.74) is 2.49. The normalized spacial score (nSPS) is 10.4. The van der Waals surface area contributed by atoms with Crippen molar-refractivity contribution in [2.45, 2.75) is 13.8 Å². The molecule has 0 fully saturated rings. The predicted octanol–water partition coefficient (Wildman–Crippen LogP) is 3.76. The molecule has 0 aliphatic carbocycles. The number of rotatable bonds is 6. The lowest BCUT2D eigenvalue weighted by atomic mass is 10.2. The molecule has 0 atom stereocenters. The number of aromatic nitrogens is 1. The Balaban J connectivity index is 1.52.